The number of benzene rings is 2. The molecule has 6 heteroatoms. The summed E-state index contributed by atoms with van der Waals surface area (Å²) in [5, 5.41) is 6.99. The number of nitrogens with zero attached hydrogens (tertiary/aromatic N) is 2. The number of hydrogen-bond acceptors (Lipinski definition) is 3. The van der Waals surface area contributed by atoms with Gasteiger partial charge in [-0.15, -0.1) is 0 Å². The molecule has 5 nitrogen and oxygen atoms in total. The van der Waals surface area contributed by atoms with E-state index in [2.05, 4.69) is 24.3 Å². The predicted molar refractivity (Wildman–Crippen MR) is 100 cm³/mol. The van der Waals surface area contributed by atoms with Gasteiger partial charge < -0.3 is 5.32 Å². The summed E-state index contributed by atoms with van der Waals surface area (Å²) in [5.41, 5.74) is 1.38. The van der Waals surface area contributed by atoms with Gasteiger partial charge in [-0.3, -0.25) is 14.3 Å². The summed E-state index contributed by atoms with van der Waals surface area (Å²) in [6, 6.07) is 11.3. The summed E-state index contributed by atoms with van der Waals surface area (Å²) in [6.45, 7) is 6.45. The maximum atomic E-state index is 13.6. The molecule has 0 unspecified atom stereocenters. The SMILES string of the molecule is CCn1nc(C(=O)Nc2ccc(C(C)C)cc2)c(=O)c2cc(F)ccc21. The molecular weight excluding hydrogens is 333 g/mol. The molecule has 3 rings (SSSR count). The van der Waals surface area contributed by atoms with Gasteiger partial charge in [0.25, 0.3) is 5.91 Å². The van der Waals surface area contributed by atoms with Crippen LogP contribution in [0.1, 0.15) is 42.7 Å². The van der Waals surface area contributed by atoms with Gasteiger partial charge in [0.15, 0.2) is 5.69 Å². The monoisotopic (exact) mass is 353 g/mol. The van der Waals surface area contributed by atoms with Crippen molar-refractivity contribution in [1.29, 1.82) is 0 Å². The molecule has 0 aliphatic carbocycles. The molecule has 0 aliphatic rings. The van der Waals surface area contributed by atoms with E-state index in [1.54, 1.807) is 12.1 Å². The fourth-order valence-electron chi connectivity index (χ4n) is 2.79. The lowest BCUT2D eigenvalue weighted by molar-refractivity contribution is 0.101. The van der Waals surface area contributed by atoms with Crippen LogP contribution in [-0.4, -0.2) is 15.7 Å². The number of rotatable bonds is 4. The number of halogens is 1. The Kier molecular flexibility index (Phi) is 4.84. The van der Waals surface area contributed by atoms with Gasteiger partial charge in [0.1, 0.15) is 5.82 Å². The molecule has 0 radical (unpaired) electrons. The molecule has 0 fully saturated rings. The van der Waals surface area contributed by atoms with Gasteiger partial charge in [-0.2, -0.15) is 5.10 Å². The lowest BCUT2D eigenvalue weighted by Gasteiger charge is -2.11. The normalized spacial score (nSPS) is 11.1. The van der Waals surface area contributed by atoms with Crippen LogP contribution in [0.2, 0.25) is 0 Å². The third-order valence-corrected chi connectivity index (χ3v) is 4.27. The molecule has 134 valence electrons. The second kappa shape index (κ2) is 7.07. The minimum absolute atomic E-state index is 0.141. The molecule has 0 bridgehead atoms. The van der Waals surface area contributed by atoms with E-state index in [0.717, 1.165) is 11.6 Å². The van der Waals surface area contributed by atoms with Gasteiger partial charge in [0.2, 0.25) is 5.43 Å². The van der Waals surface area contributed by atoms with Crippen molar-refractivity contribution in [2.75, 3.05) is 5.32 Å². The average molecular weight is 353 g/mol. The number of nitrogens with one attached hydrogen (secondary N) is 1. The number of amides is 1. The zero-order valence-corrected chi connectivity index (χ0v) is 14.9. The van der Waals surface area contributed by atoms with E-state index in [4.69, 9.17) is 0 Å². The topological polar surface area (TPSA) is 64.0 Å². The Labute approximate surface area is 150 Å². The van der Waals surface area contributed by atoms with Gasteiger partial charge in [0.05, 0.1) is 10.9 Å². The first-order valence-electron chi connectivity index (χ1n) is 8.52. The van der Waals surface area contributed by atoms with Crippen molar-refractivity contribution >= 4 is 22.5 Å². The minimum Gasteiger partial charge on any atom is -0.320 e. The summed E-state index contributed by atoms with van der Waals surface area (Å²) in [5.74, 6) is -0.756. The molecule has 3 aromatic rings. The second-order valence-electron chi connectivity index (χ2n) is 6.39. The van der Waals surface area contributed by atoms with Crippen molar-refractivity contribution in [3.8, 4) is 0 Å². The van der Waals surface area contributed by atoms with Crippen LogP contribution >= 0.6 is 0 Å². The summed E-state index contributed by atoms with van der Waals surface area (Å²) < 4.78 is 15.1. The van der Waals surface area contributed by atoms with Crippen molar-refractivity contribution in [2.45, 2.75) is 33.2 Å². The number of hydrogen-bond donors (Lipinski definition) is 1. The highest BCUT2D eigenvalue weighted by atomic mass is 19.1. The van der Waals surface area contributed by atoms with E-state index in [9.17, 15) is 14.0 Å². The molecule has 2 aromatic carbocycles. The Morgan fingerprint density at radius 2 is 1.88 bits per heavy atom. The molecule has 1 amide bonds. The zero-order chi connectivity index (χ0) is 18.8. The molecule has 0 spiro atoms. The summed E-state index contributed by atoms with van der Waals surface area (Å²) in [6.07, 6.45) is 0. The Bertz CT molecular complexity index is 1020. The summed E-state index contributed by atoms with van der Waals surface area (Å²) in [4.78, 5) is 25.2. The number of fused-ring (bicyclic) bond motifs is 1. The van der Waals surface area contributed by atoms with Crippen molar-refractivity contribution in [3.05, 3.63) is 69.8 Å². The van der Waals surface area contributed by atoms with Crippen LogP contribution in [0.25, 0.3) is 10.9 Å². The third-order valence-electron chi connectivity index (χ3n) is 4.27. The standard InChI is InChI=1S/C20H20FN3O2/c1-4-24-17-10-7-14(21)11-16(17)19(25)18(23-24)20(26)22-15-8-5-13(6-9-15)12(2)3/h5-12H,4H2,1-3H3,(H,22,26). The van der Waals surface area contributed by atoms with Gasteiger partial charge in [-0.25, -0.2) is 4.39 Å². The summed E-state index contributed by atoms with van der Waals surface area (Å²) in [7, 11) is 0. The Morgan fingerprint density at radius 1 is 1.19 bits per heavy atom. The van der Waals surface area contributed by atoms with E-state index >= 15 is 0 Å². The third kappa shape index (κ3) is 3.35. The Hall–Kier alpha value is -3.02. The van der Waals surface area contributed by atoms with Crippen molar-refractivity contribution in [3.63, 3.8) is 0 Å². The molecule has 0 saturated carbocycles. The first kappa shape index (κ1) is 17.8. The number of aromatic nitrogens is 2. The van der Waals surface area contributed by atoms with E-state index in [-0.39, 0.29) is 11.1 Å². The zero-order valence-electron chi connectivity index (χ0n) is 14.9. The van der Waals surface area contributed by atoms with Crippen molar-refractivity contribution < 1.29 is 9.18 Å². The molecular formula is C20H20FN3O2. The maximum Gasteiger partial charge on any atom is 0.280 e. The smallest absolute Gasteiger partial charge is 0.280 e. The molecule has 0 atom stereocenters. The van der Waals surface area contributed by atoms with Crippen LogP contribution in [0.5, 0.6) is 0 Å². The molecule has 0 saturated heterocycles. The Balaban J connectivity index is 2.00. The van der Waals surface area contributed by atoms with Crippen LogP contribution in [-0.2, 0) is 6.54 Å². The first-order valence-corrected chi connectivity index (χ1v) is 8.52. The largest absolute Gasteiger partial charge is 0.320 e. The number of aryl methyl sites for hydroxylation is 1. The van der Waals surface area contributed by atoms with E-state index in [0.29, 0.717) is 23.7 Å². The lowest BCUT2D eigenvalue weighted by atomic mass is 10.0. The molecule has 26 heavy (non-hydrogen) atoms. The highest BCUT2D eigenvalue weighted by Crippen LogP contribution is 2.18. The number of anilines is 1. The van der Waals surface area contributed by atoms with Crippen LogP contribution in [0.3, 0.4) is 0 Å². The van der Waals surface area contributed by atoms with Gasteiger partial charge in [0, 0.05) is 12.2 Å². The predicted octanol–water partition coefficient (Wildman–Crippen LogP) is 3.93. The quantitative estimate of drug-likeness (QED) is 0.773. The van der Waals surface area contributed by atoms with Crippen LogP contribution < -0.4 is 10.7 Å². The highest BCUT2D eigenvalue weighted by molar-refractivity contribution is 6.04. The average Bonchev–Trinajstić information content (AvgIpc) is 2.62. The Morgan fingerprint density at radius 3 is 2.50 bits per heavy atom. The van der Waals surface area contributed by atoms with Crippen LogP contribution in [0.4, 0.5) is 10.1 Å². The molecule has 1 heterocycles. The van der Waals surface area contributed by atoms with Gasteiger partial charge in [-0.1, -0.05) is 26.0 Å². The van der Waals surface area contributed by atoms with Crippen molar-refractivity contribution in [1.82, 2.24) is 9.78 Å². The van der Waals surface area contributed by atoms with Gasteiger partial charge >= 0.3 is 0 Å². The van der Waals surface area contributed by atoms with E-state index < -0.39 is 17.2 Å². The number of carbonyl (C=O) groups is 1. The fourth-order valence-corrected chi connectivity index (χ4v) is 2.79. The first-order chi connectivity index (χ1) is 12.4. The summed E-state index contributed by atoms with van der Waals surface area (Å²) >= 11 is 0. The van der Waals surface area contributed by atoms with E-state index in [1.807, 2.05) is 19.1 Å². The van der Waals surface area contributed by atoms with Gasteiger partial charge in [-0.05, 0) is 48.7 Å². The molecule has 0 aliphatic heterocycles. The second-order valence-corrected chi connectivity index (χ2v) is 6.39. The van der Waals surface area contributed by atoms with Crippen LogP contribution in [0.15, 0.2) is 47.3 Å². The maximum absolute atomic E-state index is 13.6. The van der Waals surface area contributed by atoms with E-state index in [1.165, 1.54) is 16.8 Å². The lowest BCUT2D eigenvalue weighted by Crippen LogP contribution is -2.27. The fraction of sp³-hybridized carbons (Fsp3) is 0.250. The number of carbonyl (C=O) groups excluding carboxylic acids is 1. The highest BCUT2D eigenvalue weighted by Gasteiger charge is 2.18. The minimum atomic E-state index is -0.611. The molecule has 1 N–H and O–H groups in total. The van der Waals surface area contributed by atoms with Crippen molar-refractivity contribution in [2.24, 2.45) is 0 Å². The molecule has 1 aromatic heterocycles. The van der Waals surface area contributed by atoms with Crippen LogP contribution in [0, 0.1) is 5.82 Å².